The van der Waals surface area contributed by atoms with E-state index in [0.717, 1.165) is 16.7 Å². The molecular weight excluding hydrogens is 176 g/mol. The minimum atomic E-state index is 0.848. The molecule has 0 saturated heterocycles. The number of aryl methyl sites for hydroxylation is 1. The number of rotatable bonds is 1. The highest BCUT2D eigenvalue weighted by atomic mass is 16.5. The van der Waals surface area contributed by atoms with Crippen LogP contribution in [0.1, 0.15) is 13.8 Å². The number of hydrogen-bond donors (Lipinski definition) is 0. The summed E-state index contributed by atoms with van der Waals surface area (Å²) in [6.07, 6.45) is 1.98. The van der Waals surface area contributed by atoms with Gasteiger partial charge in [0.05, 0.1) is 12.6 Å². The van der Waals surface area contributed by atoms with Gasteiger partial charge in [0.25, 0.3) is 0 Å². The van der Waals surface area contributed by atoms with Gasteiger partial charge in [0.1, 0.15) is 5.75 Å². The monoisotopic (exact) mass is 192 g/mol. The van der Waals surface area contributed by atoms with Crippen molar-refractivity contribution in [2.75, 3.05) is 7.11 Å². The number of methoxy groups -OCH3 is 1. The minimum absolute atomic E-state index is 0.848. The van der Waals surface area contributed by atoms with Gasteiger partial charge >= 0.3 is 0 Å². The van der Waals surface area contributed by atoms with Crippen LogP contribution in [0.4, 0.5) is 0 Å². The van der Waals surface area contributed by atoms with Crippen LogP contribution in [0, 0.1) is 0 Å². The maximum Gasteiger partial charge on any atom is 0.121 e. The molecule has 3 nitrogen and oxygen atoms in total. The van der Waals surface area contributed by atoms with Gasteiger partial charge in [-0.2, -0.15) is 5.10 Å². The smallest absolute Gasteiger partial charge is 0.121 e. The summed E-state index contributed by atoms with van der Waals surface area (Å²) in [5.74, 6) is 0.848. The molecule has 0 radical (unpaired) electrons. The van der Waals surface area contributed by atoms with Crippen LogP contribution < -0.4 is 4.74 Å². The van der Waals surface area contributed by atoms with Gasteiger partial charge in [0.2, 0.25) is 0 Å². The number of hydrogen-bond acceptors (Lipinski definition) is 2. The van der Waals surface area contributed by atoms with Crippen LogP contribution in [-0.2, 0) is 7.05 Å². The fraction of sp³-hybridized carbons (Fsp3) is 0.364. The molecule has 0 spiro atoms. The summed E-state index contributed by atoms with van der Waals surface area (Å²) in [6, 6.07) is 5.86. The van der Waals surface area contributed by atoms with Crippen LogP contribution in [0.3, 0.4) is 0 Å². The highest BCUT2D eigenvalue weighted by molar-refractivity contribution is 5.79. The first-order valence-corrected chi connectivity index (χ1v) is 4.77. The zero-order valence-corrected chi connectivity index (χ0v) is 9.11. The van der Waals surface area contributed by atoms with Crippen molar-refractivity contribution in [2.24, 2.45) is 7.05 Å². The van der Waals surface area contributed by atoms with Gasteiger partial charge in [-0.1, -0.05) is 13.8 Å². The van der Waals surface area contributed by atoms with E-state index in [1.54, 1.807) is 11.8 Å². The fourth-order valence-corrected chi connectivity index (χ4v) is 1.25. The molecule has 0 aliphatic carbocycles. The Morgan fingerprint density at radius 1 is 1.29 bits per heavy atom. The lowest BCUT2D eigenvalue weighted by atomic mass is 10.2. The molecule has 0 aliphatic heterocycles. The topological polar surface area (TPSA) is 27.1 Å². The quantitative estimate of drug-likeness (QED) is 0.694. The SMILES string of the molecule is CC.COc1ccc2cn(C)nc2c1. The van der Waals surface area contributed by atoms with Gasteiger partial charge < -0.3 is 4.74 Å². The lowest BCUT2D eigenvalue weighted by Crippen LogP contribution is -1.85. The fourth-order valence-electron chi connectivity index (χ4n) is 1.25. The average Bonchev–Trinajstić information content (AvgIpc) is 2.59. The second-order valence-electron chi connectivity index (χ2n) is 2.73. The Morgan fingerprint density at radius 3 is 2.64 bits per heavy atom. The third-order valence-corrected chi connectivity index (χ3v) is 1.83. The van der Waals surface area contributed by atoms with Gasteiger partial charge in [-0.25, -0.2) is 0 Å². The number of benzene rings is 1. The highest BCUT2D eigenvalue weighted by Gasteiger charge is 1.98. The molecule has 0 N–H and O–H groups in total. The van der Waals surface area contributed by atoms with E-state index in [-0.39, 0.29) is 0 Å². The van der Waals surface area contributed by atoms with Gasteiger partial charge in [0, 0.05) is 24.7 Å². The zero-order chi connectivity index (χ0) is 10.6. The van der Waals surface area contributed by atoms with Crippen LogP contribution in [0.15, 0.2) is 24.4 Å². The molecule has 1 heterocycles. The third-order valence-electron chi connectivity index (χ3n) is 1.83. The maximum absolute atomic E-state index is 5.08. The van der Waals surface area contributed by atoms with Crippen LogP contribution in [-0.4, -0.2) is 16.9 Å². The van der Waals surface area contributed by atoms with Crippen LogP contribution in [0.25, 0.3) is 10.9 Å². The standard InChI is InChI=1S/C9H10N2O.C2H6/c1-11-6-7-3-4-8(12-2)5-9(7)10-11;1-2/h3-6H,1-2H3;1-2H3. The molecule has 2 aromatic rings. The van der Waals surface area contributed by atoms with E-state index < -0.39 is 0 Å². The molecule has 0 atom stereocenters. The average molecular weight is 192 g/mol. The van der Waals surface area contributed by atoms with E-state index in [1.165, 1.54) is 0 Å². The molecule has 14 heavy (non-hydrogen) atoms. The van der Waals surface area contributed by atoms with Crippen molar-refractivity contribution in [2.45, 2.75) is 13.8 Å². The first-order valence-electron chi connectivity index (χ1n) is 4.77. The van der Waals surface area contributed by atoms with Crippen LogP contribution >= 0.6 is 0 Å². The van der Waals surface area contributed by atoms with Gasteiger partial charge in [-0.15, -0.1) is 0 Å². The van der Waals surface area contributed by atoms with Gasteiger partial charge in [-0.05, 0) is 12.1 Å². The first kappa shape index (κ1) is 10.6. The summed E-state index contributed by atoms with van der Waals surface area (Å²) >= 11 is 0. The molecule has 3 heteroatoms. The van der Waals surface area contributed by atoms with Crippen molar-refractivity contribution in [3.8, 4) is 5.75 Å². The molecule has 0 amide bonds. The molecule has 76 valence electrons. The molecule has 0 aliphatic rings. The van der Waals surface area contributed by atoms with Crippen LogP contribution in [0.5, 0.6) is 5.75 Å². The first-order chi connectivity index (χ1) is 6.79. The van der Waals surface area contributed by atoms with Gasteiger partial charge in [-0.3, -0.25) is 4.68 Å². The van der Waals surface area contributed by atoms with E-state index in [1.807, 2.05) is 45.3 Å². The maximum atomic E-state index is 5.08. The largest absolute Gasteiger partial charge is 0.497 e. The second kappa shape index (κ2) is 4.65. The van der Waals surface area contributed by atoms with Crippen LogP contribution in [0.2, 0.25) is 0 Å². The summed E-state index contributed by atoms with van der Waals surface area (Å²) in [5, 5.41) is 5.40. The third kappa shape index (κ3) is 2.05. The molecular formula is C11H16N2O. The number of aromatic nitrogens is 2. The zero-order valence-electron chi connectivity index (χ0n) is 9.11. The Bertz CT molecular complexity index is 407. The second-order valence-corrected chi connectivity index (χ2v) is 2.73. The van der Waals surface area contributed by atoms with E-state index in [4.69, 9.17) is 4.74 Å². The number of nitrogens with zero attached hydrogens (tertiary/aromatic N) is 2. The Hall–Kier alpha value is -1.51. The predicted molar refractivity (Wildman–Crippen MR) is 58.6 cm³/mol. The number of ether oxygens (including phenoxy) is 1. The van der Waals surface area contributed by atoms with Crippen molar-refractivity contribution < 1.29 is 4.74 Å². The summed E-state index contributed by atoms with van der Waals surface area (Å²) < 4.78 is 6.88. The van der Waals surface area contributed by atoms with E-state index in [2.05, 4.69) is 5.10 Å². The van der Waals surface area contributed by atoms with Crippen molar-refractivity contribution in [1.29, 1.82) is 0 Å². The minimum Gasteiger partial charge on any atom is -0.497 e. The lowest BCUT2D eigenvalue weighted by Gasteiger charge is -1.96. The molecule has 1 aromatic heterocycles. The summed E-state index contributed by atoms with van der Waals surface area (Å²) in [6.45, 7) is 4.00. The summed E-state index contributed by atoms with van der Waals surface area (Å²) in [5.41, 5.74) is 0.969. The van der Waals surface area contributed by atoms with E-state index >= 15 is 0 Å². The van der Waals surface area contributed by atoms with Gasteiger partial charge in [0.15, 0.2) is 0 Å². The Morgan fingerprint density at radius 2 is 2.00 bits per heavy atom. The molecule has 0 saturated carbocycles. The Kier molecular flexibility index (Phi) is 3.51. The van der Waals surface area contributed by atoms with E-state index in [9.17, 15) is 0 Å². The predicted octanol–water partition coefficient (Wildman–Crippen LogP) is 2.61. The van der Waals surface area contributed by atoms with Crippen molar-refractivity contribution >= 4 is 10.9 Å². The number of fused-ring (bicyclic) bond motifs is 1. The molecule has 0 unspecified atom stereocenters. The van der Waals surface area contributed by atoms with Crippen molar-refractivity contribution in [3.05, 3.63) is 24.4 Å². The summed E-state index contributed by atoms with van der Waals surface area (Å²) in [4.78, 5) is 0. The Balaban J connectivity index is 0.000000461. The normalized spacial score (nSPS) is 9.43. The molecule has 0 bridgehead atoms. The highest BCUT2D eigenvalue weighted by Crippen LogP contribution is 2.18. The lowest BCUT2D eigenvalue weighted by molar-refractivity contribution is 0.415. The van der Waals surface area contributed by atoms with E-state index in [0.29, 0.717) is 0 Å². The van der Waals surface area contributed by atoms with Crippen molar-refractivity contribution in [3.63, 3.8) is 0 Å². The van der Waals surface area contributed by atoms with Crippen molar-refractivity contribution in [1.82, 2.24) is 9.78 Å². The summed E-state index contributed by atoms with van der Waals surface area (Å²) in [7, 11) is 3.57. The molecule has 1 aromatic carbocycles. The Labute approximate surface area is 84.3 Å². The molecule has 2 rings (SSSR count). The molecule has 0 fully saturated rings.